The minimum atomic E-state index is -3.60. The molecule has 0 bridgehead atoms. The topological polar surface area (TPSA) is 97.2 Å². The summed E-state index contributed by atoms with van der Waals surface area (Å²) in [7, 11) is -3.60. The van der Waals surface area contributed by atoms with E-state index in [-0.39, 0.29) is 29.8 Å². The molecular weight excluding hydrogens is 378 g/mol. The third kappa shape index (κ3) is 4.25. The van der Waals surface area contributed by atoms with Gasteiger partial charge in [0.25, 0.3) is 0 Å². The van der Waals surface area contributed by atoms with Gasteiger partial charge in [-0.1, -0.05) is 17.3 Å². The standard InChI is InChI=1S/C19H25N5O3S/c1-14-3-2-4-17(11-14)28(26,27)20-9-7-19(25)23-10-8-16(12-23)24-13-18(21-22-24)15-5-6-15/h2-4,11,13,15-16,20H,5-10,12H2,1H3. The van der Waals surface area contributed by atoms with Crippen molar-refractivity contribution in [2.24, 2.45) is 0 Å². The van der Waals surface area contributed by atoms with Gasteiger partial charge in [-0.15, -0.1) is 5.10 Å². The smallest absolute Gasteiger partial charge is 0.240 e. The van der Waals surface area contributed by atoms with E-state index >= 15 is 0 Å². The van der Waals surface area contributed by atoms with Crippen LogP contribution in [0.3, 0.4) is 0 Å². The summed E-state index contributed by atoms with van der Waals surface area (Å²) in [5.74, 6) is 0.520. The highest BCUT2D eigenvalue weighted by Gasteiger charge is 2.31. The first-order chi connectivity index (χ1) is 13.4. The number of rotatable bonds is 7. The number of nitrogens with zero attached hydrogens (tertiary/aromatic N) is 4. The van der Waals surface area contributed by atoms with Crippen molar-refractivity contribution in [3.8, 4) is 0 Å². The summed E-state index contributed by atoms with van der Waals surface area (Å²) in [4.78, 5) is 14.5. The van der Waals surface area contributed by atoms with Crippen LogP contribution in [0.2, 0.25) is 0 Å². The second kappa shape index (κ2) is 7.63. The van der Waals surface area contributed by atoms with Crippen LogP contribution in [0.5, 0.6) is 0 Å². The molecule has 1 saturated carbocycles. The van der Waals surface area contributed by atoms with Crippen LogP contribution in [0, 0.1) is 6.92 Å². The fraction of sp³-hybridized carbons (Fsp3) is 0.526. The van der Waals surface area contributed by atoms with E-state index in [0.29, 0.717) is 19.0 Å². The number of sulfonamides is 1. The molecule has 0 spiro atoms. The van der Waals surface area contributed by atoms with Gasteiger partial charge in [0.1, 0.15) is 0 Å². The molecule has 1 atom stereocenters. The first kappa shape index (κ1) is 19.1. The Kier molecular flexibility index (Phi) is 5.20. The maximum absolute atomic E-state index is 12.5. The summed E-state index contributed by atoms with van der Waals surface area (Å²) in [6, 6.07) is 6.86. The molecule has 8 nitrogen and oxygen atoms in total. The van der Waals surface area contributed by atoms with E-state index in [2.05, 4.69) is 15.0 Å². The summed E-state index contributed by atoms with van der Waals surface area (Å²) in [5, 5.41) is 8.46. The van der Waals surface area contributed by atoms with Crippen molar-refractivity contribution < 1.29 is 13.2 Å². The number of carbonyl (C=O) groups excluding carboxylic acids is 1. The van der Waals surface area contributed by atoms with Gasteiger partial charge in [0.05, 0.1) is 16.6 Å². The summed E-state index contributed by atoms with van der Waals surface area (Å²) < 4.78 is 29.1. The number of hydrogen-bond acceptors (Lipinski definition) is 5. The fourth-order valence-electron chi connectivity index (χ4n) is 3.54. The molecule has 4 rings (SSSR count). The number of benzene rings is 1. The molecule has 1 aromatic heterocycles. The Labute approximate surface area is 165 Å². The van der Waals surface area contributed by atoms with E-state index in [1.807, 2.05) is 23.9 Å². The number of carbonyl (C=O) groups is 1. The van der Waals surface area contributed by atoms with Crippen LogP contribution in [0.4, 0.5) is 0 Å². The number of aromatic nitrogens is 3. The highest BCUT2D eigenvalue weighted by Crippen LogP contribution is 2.39. The molecule has 0 radical (unpaired) electrons. The predicted octanol–water partition coefficient (Wildman–Crippen LogP) is 1.61. The molecule has 2 heterocycles. The molecular formula is C19H25N5O3S. The zero-order chi connectivity index (χ0) is 19.7. The number of likely N-dealkylation sites (tertiary alicyclic amines) is 1. The Balaban J connectivity index is 1.27. The first-order valence-corrected chi connectivity index (χ1v) is 11.2. The van der Waals surface area contributed by atoms with Crippen LogP contribution in [0.15, 0.2) is 35.4 Å². The van der Waals surface area contributed by atoms with Gasteiger partial charge in [0, 0.05) is 38.2 Å². The first-order valence-electron chi connectivity index (χ1n) is 9.68. The molecule has 1 aliphatic heterocycles. The molecule has 150 valence electrons. The van der Waals surface area contributed by atoms with Gasteiger partial charge >= 0.3 is 0 Å². The van der Waals surface area contributed by atoms with Crippen LogP contribution in [0.1, 0.15) is 48.9 Å². The van der Waals surface area contributed by atoms with Crippen molar-refractivity contribution >= 4 is 15.9 Å². The zero-order valence-electron chi connectivity index (χ0n) is 15.9. The molecule has 1 amide bonds. The van der Waals surface area contributed by atoms with Crippen LogP contribution in [-0.2, 0) is 14.8 Å². The Hall–Kier alpha value is -2.26. The van der Waals surface area contributed by atoms with Crippen LogP contribution in [0.25, 0.3) is 0 Å². The predicted molar refractivity (Wildman–Crippen MR) is 103 cm³/mol. The zero-order valence-corrected chi connectivity index (χ0v) is 16.7. The van der Waals surface area contributed by atoms with Gasteiger partial charge in [-0.2, -0.15) is 0 Å². The normalized spacial score (nSPS) is 19.9. The second-order valence-electron chi connectivity index (χ2n) is 7.64. The molecule has 1 aromatic carbocycles. The summed E-state index contributed by atoms with van der Waals surface area (Å²) in [6.45, 7) is 3.18. The second-order valence-corrected chi connectivity index (χ2v) is 9.41. The van der Waals surface area contributed by atoms with Gasteiger partial charge in [0.15, 0.2) is 0 Å². The van der Waals surface area contributed by atoms with Crippen molar-refractivity contribution in [3.63, 3.8) is 0 Å². The molecule has 2 aliphatic rings. The van der Waals surface area contributed by atoms with E-state index in [0.717, 1.165) is 17.7 Å². The molecule has 1 N–H and O–H groups in total. The van der Waals surface area contributed by atoms with Crippen LogP contribution in [-0.4, -0.2) is 53.9 Å². The summed E-state index contributed by atoms with van der Waals surface area (Å²) >= 11 is 0. The Morgan fingerprint density at radius 2 is 2.11 bits per heavy atom. The Morgan fingerprint density at radius 3 is 2.86 bits per heavy atom. The molecule has 1 unspecified atom stereocenters. The quantitative estimate of drug-likeness (QED) is 0.757. The Morgan fingerprint density at radius 1 is 1.29 bits per heavy atom. The minimum absolute atomic E-state index is 0.0445. The number of nitrogens with one attached hydrogen (secondary N) is 1. The SMILES string of the molecule is Cc1cccc(S(=O)(=O)NCCC(=O)N2CCC(n3cc(C4CC4)nn3)C2)c1. The third-order valence-corrected chi connectivity index (χ3v) is 6.80. The highest BCUT2D eigenvalue weighted by molar-refractivity contribution is 7.89. The monoisotopic (exact) mass is 403 g/mol. The minimum Gasteiger partial charge on any atom is -0.340 e. The third-order valence-electron chi connectivity index (χ3n) is 5.34. The van der Waals surface area contributed by atoms with Gasteiger partial charge in [-0.25, -0.2) is 17.8 Å². The average molecular weight is 404 g/mol. The van der Waals surface area contributed by atoms with Gasteiger partial charge in [-0.05, 0) is 43.9 Å². The van der Waals surface area contributed by atoms with E-state index in [9.17, 15) is 13.2 Å². The maximum atomic E-state index is 12.5. The lowest BCUT2D eigenvalue weighted by Crippen LogP contribution is -2.33. The average Bonchev–Trinajstić information content (AvgIpc) is 3.19. The Bertz CT molecular complexity index is 967. The molecule has 2 aromatic rings. The summed E-state index contributed by atoms with van der Waals surface area (Å²) in [6.07, 6.45) is 5.36. The van der Waals surface area contributed by atoms with E-state index in [4.69, 9.17) is 0 Å². The van der Waals surface area contributed by atoms with Crippen molar-refractivity contribution in [2.45, 2.75) is 49.5 Å². The molecule has 1 aliphatic carbocycles. The number of amides is 1. The fourth-order valence-corrected chi connectivity index (χ4v) is 4.67. The number of hydrogen-bond donors (Lipinski definition) is 1. The largest absolute Gasteiger partial charge is 0.340 e. The van der Waals surface area contributed by atoms with Gasteiger partial charge < -0.3 is 4.90 Å². The maximum Gasteiger partial charge on any atom is 0.240 e. The molecule has 28 heavy (non-hydrogen) atoms. The van der Waals surface area contributed by atoms with Crippen LogP contribution < -0.4 is 4.72 Å². The lowest BCUT2D eigenvalue weighted by Gasteiger charge is -2.16. The summed E-state index contributed by atoms with van der Waals surface area (Å²) in [5.41, 5.74) is 1.93. The molecule has 9 heteroatoms. The lowest BCUT2D eigenvalue weighted by molar-refractivity contribution is -0.130. The van der Waals surface area contributed by atoms with Gasteiger partial charge in [0.2, 0.25) is 15.9 Å². The van der Waals surface area contributed by atoms with E-state index < -0.39 is 10.0 Å². The van der Waals surface area contributed by atoms with Crippen molar-refractivity contribution in [1.82, 2.24) is 24.6 Å². The molecule has 2 fully saturated rings. The van der Waals surface area contributed by atoms with Crippen LogP contribution >= 0.6 is 0 Å². The van der Waals surface area contributed by atoms with Crippen molar-refractivity contribution in [1.29, 1.82) is 0 Å². The van der Waals surface area contributed by atoms with Crippen molar-refractivity contribution in [3.05, 3.63) is 41.7 Å². The van der Waals surface area contributed by atoms with Gasteiger partial charge in [-0.3, -0.25) is 4.79 Å². The number of aryl methyl sites for hydroxylation is 1. The van der Waals surface area contributed by atoms with Crippen molar-refractivity contribution in [2.75, 3.05) is 19.6 Å². The van der Waals surface area contributed by atoms with E-state index in [1.54, 1.807) is 23.1 Å². The lowest BCUT2D eigenvalue weighted by atomic mass is 10.2. The molecule has 1 saturated heterocycles. The highest BCUT2D eigenvalue weighted by atomic mass is 32.2. The van der Waals surface area contributed by atoms with E-state index in [1.165, 1.54) is 12.8 Å².